The van der Waals surface area contributed by atoms with Gasteiger partial charge in [-0.2, -0.15) is 0 Å². The first-order valence-corrected chi connectivity index (χ1v) is 10.7. The van der Waals surface area contributed by atoms with Crippen molar-refractivity contribution in [3.8, 4) is 0 Å². The summed E-state index contributed by atoms with van der Waals surface area (Å²) in [5.41, 5.74) is 1.47. The van der Waals surface area contributed by atoms with Gasteiger partial charge in [0.15, 0.2) is 0 Å². The summed E-state index contributed by atoms with van der Waals surface area (Å²) >= 11 is 6.24. The van der Waals surface area contributed by atoms with Crippen LogP contribution in [-0.4, -0.2) is 46.9 Å². The molecule has 2 saturated heterocycles. The maximum atomic E-state index is 13.5. The van der Waals surface area contributed by atoms with Gasteiger partial charge in [-0.05, 0) is 30.5 Å². The van der Waals surface area contributed by atoms with Gasteiger partial charge in [-0.3, -0.25) is 24.6 Å². The fourth-order valence-corrected chi connectivity index (χ4v) is 5.47. The molecular formula is C23H22ClN3O4. The standard InChI is InChI=1S/C23H22ClN3O4/c1-12-15(24)8-7-14-19(12)25-22(31)23(14)18-17(16(11-28)26-23)20(29)27(21(18)30)10-9-13-5-3-2-4-6-13/h2-8,16-18,26,28H,9-11H2,1H3,(H,25,31)/t16-,17-,18-,23-/m1/s1. The second-order valence-corrected chi connectivity index (χ2v) is 8.76. The van der Waals surface area contributed by atoms with E-state index in [-0.39, 0.29) is 25.0 Å². The molecule has 160 valence electrons. The summed E-state index contributed by atoms with van der Waals surface area (Å²) in [5.74, 6) is -2.85. The van der Waals surface area contributed by atoms with Crippen LogP contribution in [0.4, 0.5) is 5.69 Å². The van der Waals surface area contributed by atoms with Gasteiger partial charge in [0.25, 0.3) is 0 Å². The van der Waals surface area contributed by atoms with Crippen molar-refractivity contribution in [2.75, 3.05) is 18.5 Å². The molecular weight excluding hydrogens is 418 g/mol. The number of carbonyl (C=O) groups is 3. The number of amides is 3. The Balaban J connectivity index is 1.55. The predicted molar refractivity (Wildman–Crippen MR) is 114 cm³/mol. The molecule has 31 heavy (non-hydrogen) atoms. The third-order valence-electron chi connectivity index (χ3n) is 6.84. The van der Waals surface area contributed by atoms with Crippen molar-refractivity contribution in [1.82, 2.24) is 10.2 Å². The van der Waals surface area contributed by atoms with Crippen LogP contribution in [0, 0.1) is 18.8 Å². The average molecular weight is 440 g/mol. The van der Waals surface area contributed by atoms with Gasteiger partial charge in [0, 0.05) is 23.2 Å². The molecule has 3 amide bonds. The number of likely N-dealkylation sites (tertiary alicyclic amines) is 1. The van der Waals surface area contributed by atoms with E-state index in [1.54, 1.807) is 19.1 Å². The van der Waals surface area contributed by atoms with Gasteiger partial charge in [0.2, 0.25) is 17.7 Å². The number of carbonyl (C=O) groups excluding carboxylic acids is 3. The maximum Gasteiger partial charge on any atom is 0.250 e. The average Bonchev–Trinajstić information content (AvgIpc) is 3.35. The second kappa shape index (κ2) is 7.15. The van der Waals surface area contributed by atoms with E-state index in [1.165, 1.54) is 4.90 Å². The summed E-state index contributed by atoms with van der Waals surface area (Å²) in [6.07, 6.45) is 0.527. The van der Waals surface area contributed by atoms with Crippen LogP contribution in [0.2, 0.25) is 5.02 Å². The number of halogens is 1. The molecule has 1 spiro atoms. The van der Waals surface area contributed by atoms with Gasteiger partial charge in [0.05, 0.1) is 24.1 Å². The molecule has 7 nitrogen and oxygen atoms in total. The SMILES string of the molecule is Cc1c(Cl)ccc2c1NC(=O)[C@@]21N[C@H](CO)[C@H]2C(=O)N(CCc3ccccc3)C(=O)[C@@H]21. The zero-order chi connectivity index (χ0) is 21.9. The quantitative estimate of drug-likeness (QED) is 0.628. The number of hydrogen-bond acceptors (Lipinski definition) is 5. The van der Waals surface area contributed by atoms with Crippen LogP contribution in [0.5, 0.6) is 0 Å². The van der Waals surface area contributed by atoms with Crippen LogP contribution >= 0.6 is 11.6 Å². The highest BCUT2D eigenvalue weighted by Crippen LogP contribution is 2.53. The van der Waals surface area contributed by atoms with Gasteiger partial charge in [-0.1, -0.05) is 48.0 Å². The molecule has 3 N–H and O–H groups in total. The molecule has 0 bridgehead atoms. The fourth-order valence-electron chi connectivity index (χ4n) is 5.31. The van der Waals surface area contributed by atoms with E-state index in [0.29, 0.717) is 28.3 Å². The highest BCUT2D eigenvalue weighted by molar-refractivity contribution is 6.32. The number of nitrogens with one attached hydrogen (secondary N) is 2. The Bertz CT molecular complexity index is 1110. The molecule has 3 aliphatic heterocycles. The lowest BCUT2D eigenvalue weighted by Crippen LogP contribution is -2.53. The lowest BCUT2D eigenvalue weighted by atomic mass is 9.76. The van der Waals surface area contributed by atoms with Crippen molar-refractivity contribution in [3.05, 3.63) is 64.2 Å². The van der Waals surface area contributed by atoms with Crippen molar-refractivity contribution < 1.29 is 19.5 Å². The fraction of sp³-hybridized carbons (Fsp3) is 0.348. The number of hydrogen-bond donors (Lipinski definition) is 3. The molecule has 0 aliphatic carbocycles. The largest absolute Gasteiger partial charge is 0.395 e. The Hall–Kier alpha value is -2.74. The zero-order valence-corrected chi connectivity index (χ0v) is 17.6. The molecule has 0 aromatic heterocycles. The van der Waals surface area contributed by atoms with Gasteiger partial charge < -0.3 is 10.4 Å². The van der Waals surface area contributed by atoms with Crippen LogP contribution in [0.1, 0.15) is 16.7 Å². The molecule has 3 heterocycles. The second-order valence-electron chi connectivity index (χ2n) is 8.36. The Labute approximate surface area is 184 Å². The van der Waals surface area contributed by atoms with Crippen LogP contribution in [0.15, 0.2) is 42.5 Å². The first kappa shape index (κ1) is 20.2. The summed E-state index contributed by atoms with van der Waals surface area (Å²) < 4.78 is 0. The van der Waals surface area contributed by atoms with Crippen molar-refractivity contribution in [2.45, 2.75) is 24.9 Å². The van der Waals surface area contributed by atoms with E-state index >= 15 is 0 Å². The number of anilines is 1. The summed E-state index contributed by atoms with van der Waals surface area (Å²) in [7, 11) is 0. The number of imide groups is 1. The maximum absolute atomic E-state index is 13.5. The minimum atomic E-state index is -1.41. The summed E-state index contributed by atoms with van der Waals surface area (Å²) in [6.45, 7) is 1.67. The van der Waals surface area contributed by atoms with Crippen molar-refractivity contribution in [2.24, 2.45) is 11.8 Å². The summed E-state index contributed by atoms with van der Waals surface area (Å²) in [5, 5.41) is 16.5. The van der Waals surface area contributed by atoms with Crippen LogP contribution in [0.3, 0.4) is 0 Å². The number of aliphatic hydroxyl groups excluding tert-OH is 1. The number of benzene rings is 2. The summed E-state index contributed by atoms with van der Waals surface area (Å²) in [4.78, 5) is 41.3. The molecule has 0 saturated carbocycles. The first-order valence-electron chi connectivity index (χ1n) is 10.3. The number of rotatable bonds is 4. The van der Waals surface area contributed by atoms with E-state index in [0.717, 1.165) is 5.56 Å². The molecule has 2 aromatic carbocycles. The predicted octanol–water partition coefficient (Wildman–Crippen LogP) is 1.60. The van der Waals surface area contributed by atoms with E-state index in [9.17, 15) is 19.5 Å². The van der Waals surface area contributed by atoms with Crippen LogP contribution < -0.4 is 10.6 Å². The van der Waals surface area contributed by atoms with E-state index in [1.807, 2.05) is 30.3 Å². The molecule has 2 aromatic rings. The third-order valence-corrected chi connectivity index (χ3v) is 7.25. The van der Waals surface area contributed by atoms with E-state index in [4.69, 9.17) is 11.6 Å². The zero-order valence-electron chi connectivity index (χ0n) is 16.9. The van der Waals surface area contributed by atoms with Crippen molar-refractivity contribution in [3.63, 3.8) is 0 Å². The molecule has 0 unspecified atom stereocenters. The Morgan fingerprint density at radius 2 is 1.84 bits per heavy atom. The lowest BCUT2D eigenvalue weighted by molar-refractivity contribution is -0.142. The van der Waals surface area contributed by atoms with Gasteiger partial charge in [-0.25, -0.2) is 0 Å². The van der Waals surface area contributed by atoms with Gasteiger partial charge in [-0.15, -0.1) is 0 Å². The molecule has 2 fully saturated rings. The minimum absolute atomic E-state index is 0.233. The number of nitrogens with zero attached hydrogens (tertiary/aromatic N) is 1. The first-order chi connectivity index (χ1) is 14.9. The molecule has 0 radical (unpaired) electrons. The van der Waals surface area contributed by atoms with Crippen molar-refractivity contribution in [1.29, 1.82) is 0 Å². The number of fused-ring (bicyclic) bond motifs is 4. The highest BCUT2D eigenvalue weighted by atomic mass is 35.5. The van der Waals surface area contributed by atoms with Crippen LogP contribution in [0.25, 0.3) is 0 Å². The molecule has 8 heteroatoms. The van der Waals surface area contributed by atoms with E-state index < -0.39 is 29.3 Å². The Kier molecular flexibility index (Phi) is 4.66. The van der Waals surface area contributed by atoms with Crippen LogP contribution in [-0.2, 0) is 26.3 Å². The van der Waals surface area contributed by atoms with Gasteiger partial charge >= 0.3 is 0 Å². The monoisotopic (exact) mass is 439 g/mol. The lowest BCUT2D eigenvalue weighted by Gasteiger charge is -2.29. The van der Waals surface area contributed by atoms with Gasteiger partial charge in [0.1, 0.15) is 5.54 Å². The Morgan fingerprint density at radius 3 is 2.55 bits per heavy atom. The van der Waals surface area contributed by atoms with Crippen molar-refractivity contribution >= 4 is 35.0 Å². The number of aliphatic hydroxyl groups is 1. The topological polar surface area (TPSA) is 98.7 Å². The highest BCUT2D eigenvalue weighted by Gasteiger charge is 2.70. The smallest absolute Gasteiger partial charge is 0.250 e. The normalized spacial score (nSPS) is 28.9. The third kappa shape index (κ3) is 2.70. The molecule has 3 aliphatic rings. The summed E-state index contributed by atoms with van der Waals surface area (Å²) in [6, 6.07) is 12.3. The molecule has 4 atom stereocenters. The Morgan fingerprint density at radius 1 is 1.10 bits per heavy atom. The van der Waals surface area contributed by atoms with E-state index in [2.05, 4.69) is 10.6 Å². The molecule has 5 rings (SSSR count). The minimum Gasteiger partial charge on any atom is -0.395 e.